The Bertz CT molecular complexity index is 890. The number of esters is 1. The summed E-state index contributed by atoms with van der Waals surface area (Å²) in [4.78, 5) is 24.3. The highest BCUT2D eigenvalue weighted by Gasteiger charge is 2.23. The Morgan fingerprint density at radius 3 is 2.65 bits per heavy atom. The summed E-state index contributed by atoms with van der Waals surface area (Å²) < 4.78 is 28.9. The zero-order valence-electron chi connectivity index (χ0n) is 13.3. The highest BCUT2D eigenvalue weighted by molar-refractivity contribution is 6.36. The fraction of sp³-hybridized carbons (Fsp3) is 0.176. The molecule has 0 saturated carbocycles. The Morgan fingerprint density at radius 1 is 1.15 bits per heavy atom. The van der Waals surface area contributed by atoms with Crippen LogP contribution in [0.3, 0.4) is 0 Å². The van der Waals surface area contributed by atoms with E-state index in [9.17, 15) is 14.0 Å². The molecule has 0 bridgehead atoms. The third-order valence-electron chi connectivity index (χ3n) is 3.52. The maximum atomic E-state index is 13.5. The summed E-state index contributed by atoms with van der Waals surface area (Å²) in [6, 6.07) is 6.79. The van der Waals surface area contributed by atoms with E-state index < -0.39 is 23.8 Å². The number of carbonyl (C=O) groups is 2. The van der Waals surface area contributed by atoms with Crippen molar-refractivity contribution in [3.05, 3.63) is 51.8 Å². The van der Waals surface area contributed by atoms with Crippen molar-refractivity contribution in [3.8, 4) is 11.5 Å². The zero-order valence-corrected chi connectivity index (χ0v) is 14.9. The first-order valence-electron chi connectivity index (χ1n) is 7.41. The lowest BCUT2D eigenvalue weighted by molar-refractivity contribution is -0.123. The van der Waals surface area contributed by atoms with Crippen LogP contribution < -0.4 is 14.8 Å². The Kier molecular flexibility index (Phi) is 5.20. The molecule has 6 nitrogen and oxygen atoms in total. The van der Waals surface area contributed by atoms with Crippen molar-refractivity contribution in [2.24, 2.45) is 0 Å². The largest absolute Gasteiger partial charge is 0.454 e. The van der Waals surface area contributed by atoms with Crippen molar-refractivity contribution in [2.45, 2.75) is 13.0 Å². The number of nitrogens with one attached hydrogen (secondary N) is 1. The Morgan fingerprint density at radius 2 is 1.88 bits per heavy atom. The summed E-state index contributed by atoms with van der Waals surface area (Å²) in [6.07, 6.45) is -1.15. The second-order valence-electron chi connectivity index (χ2n) is 5.35. The van der Waals surface area contributed by atoms with Gasteiger partial charge in [-0.2, -0.15) is 0 Å². The number of ether oxygens (including phenoxy) is 3. The molecule has 1 atom stereocenters. The van der Waals surface area contributed by atoms with E-state index in [0.717, 1.165) is 12.1 Å². The molecule has 0 radical (unpaired) electrons. The second-order valence-corrected chi connectivity index (χ2v) is 6.17. The van der Waals surface area contributed by atoms with Gasteiger partial charge in [-0.05, 0) is 31.2 Å². The highest BCUT2D eigenvalue weighted by atomic mass is 35.5. The Labute approximate surface area is 157 Å². The van der Waals surface area contributed by atoms with Crippen molar-refractivity contribution >= 4 is 40.8 Å². The van der Waals surface area contributed by atoms with Crippen LogP contribution in [0.2, 0.25) is 10.0 Å². The number of amides is 1. The zero-order chi connectivity index (χ0) is 18.8. The number of hydrogen-bond acceptors (Lipinski definition) is 5. The van der Waals surface area contributed by atoms with Gasteiger partial charge in [-0.1, -0.05) is 23.2 Å². The molecule has 136 valence electrons. The van der Waals surface area contributed by atoms with Gasteiger partial charge in [0.2, 0.25) is 6.79 Å². The van der Waals surface area contributed by atoms with E-state index in [0.29, 0.717) is 17.2 Å². The molecule has 1 amide bonds. The second kappa shape index (κ2) is 7.39. The van der Waals surface area contributed by atoms with Gasteiger partial charge >= 0.3 is 5.97 Å². The van der Waals surface area contributed by atoms with Crippen LogP contribution in [-0.2, 0) is 9.53 Å². The molecule has 26 heavy (non-hydrogen) atoms. The average Bonchev–Trinajstić information content (AvgIpc) is 3.05. The fourth-order valence-corrected chi connectivity index (χ4v) is 2.64. The van der Waals surface area contributed by atoms with E-state index in [2.05, 4.69) is 5.32 Å². The predicted molar refractivity (Wildman–Crippen MR) is 92.5 cm³/mol. The topological polar surface area (TPSA) is 73.9 Å². The smallest absolute Gasteiger partial charge is 0.340 e. The van der Waals surface area contributed by atoms with Gasteiger partial charge in [-0.25, -0.2) is 9.18 Å². The van der Waals surface area contributed by atoms with Crippen molar-refractivity contribution in [2.75, 3.05) is 12.1 Å². The average molecular weight is 400 g/mol. The molecule has 2 aromatic rings. The number of rotatable bonds is 4. The molecular weight excluding hydrogens is 388 g/mol. The quantitative estimate of drug-likeness (QED) is 0.620. The summed E-state index contributed by atoms with van der Waals surface area (Å²) in [7, 11) is 0. The molecule has 0 aliphatic carbocycles. The van der Waals surface area contributed by atoms with Crippen molar-refractivity contribution in [1.29, 1.82) is 0 Å². The highest BCUT2D eigenvalue weighted by Crippen LogP contribution is 2.34. The van der Waals surface area contributed by atoms with Gasteiger partial charge in [0.05, 0.1) is 15.6 Å². The summed E-state index contributed by atoms with van der Waals surface area (Å²) in [5, 5.41) is 2.28. The summed E-state index contributed by atoms with van der Waals surface area (Å²) >= 11 is 11.4. The normalized spacial score (nSPS) is 13.2. The van der Waals surface area contributed by atoms with E-state index in [1.807, 2.05) is 0 Å². The Hall–Kier alpha value is -2.51. The molecule has 1 heterocycles. The molecule has 0 unspecified atom stereocenters. The number of fused-ring (bicyclic) bond motifs is 1. The number of anilines is 1. The van der Waals surface area contributed by atoms with Crippen molar-refractivity contribution in [1.82, 2.24) is 0 Å². The molecule has 1 N–H and O–H groups in total. The minimum Gasteiger partial charge on any atom is -0.454 e. The van der Waals surface area contributed by atoms with Gasteiger partial charge in [0, 0.05) is 11.8 Å². The van der Waals surface area contributed by atoms with E-state index in [4.69, 9.17) is 37.4 Å². The minimum absolute atomic E-state index is 0.0789. The summed E-state index contributed by atoms with van der Waals surface area (Å²) in [5.74, 6) is -1.28. The third kappa shape index (κ3) is 3.84. The van der Waals surface area contributed by atoms with Crippen LogP contribution in [0.15, 0.2) is 30.3 Å². The van der Waals surface area contributed by atoms with Crippen molar-refractivity contribution in [3.63, 3.8) is 0 Å². The molecule has 2 aromatic carbocycles. The number of carbonyl (C=O) groups excluding carboxylic acids is 2. The van der Waals surface area contributed by atoms with E-state index in [-0.39, 0.29) is 22.4 Å². The van der Waals surface area contributed by atoms with E-state index >= 15 is 0 Å². The fourth-order valence-electron chi connectivity index (χ4n) is 2.17. The number of benzene rings is 2. The van der Waals surface area contributed by atoms with E-state index in [1.54, 1.807) is 18.2 Å². The van der Waals surface area contributed by atoms with Gasteiger partial charge in [-0.15, -0.1) is 0 Å². The third-order valence-corrected chi connectivity index (χ3v) is 4.13. The molecule has 0 fully saturated rings. The first-order valence-corrected chi connectivity index (χ1v) is 8.17. The lowest BCUT2D eigenvalue weighted by Gasteiger charge is -2.14. The number of halogens is 3. The predicted octanol–water partition coefficient (Wildman–Crippen LogP) is 4.05. The standard InChI is InChI=1S/C17H12Cl2FNO5/c1-8(26-17(23)10-5-13(20)12(19)6-11(10)18)16(22)21-9-2-3-14-15(4-9)25-7-24-14/h2-6,8H,7H2,1H3,(H,21,22)/t8-/m0/s1. The van der Waals surface area contributed by atoms with Crippen molar-refractivity contribution < 1.29 is 28.2 Å². The Balaban J connectivity index is 1.65. The van der Waals surface area contributed by atoms with Crippen LogP contribution in [0.4, 0.5) is 10.1 Å². The maximum absolute atomic E-state index is 13.5. The molecule has 0 saturated heterocycles. The van der Waals surface area contributed by atoms with Crippen LogP contribution in [-0.4, -0.2) is 24.8 Å². The van der Waals surface area contributed by atoms with Gasteiger partial charge < -0.3 is 19.5 Å². The van der Waals surface area contributed by atoms with Gasteiger partial charge in [0.25, 0.3) is 5.91 Å². The molecular formula is C17H12Cl2FNO5. The monoisotopic (exact) mass is 399 g/mol. The van der Waals surface area contributed by atoms with E-state index in [1.165, 1.54) is 6.92 Å². The SMILES string of the molecule is C[C@H](OC(=O)c1cc(F)c(Cl)cc1Cl)C(=O)Nc1ccc2c(c1)OCO2. The lowest BCUT2D eigenvalue weighted by atomic mass is 10.2. The molecule has 1 aliphatic heterocycles. The van der Waals surface area contributed by atoms with Crippen LogP contribution in [0, 0.1) is 5.82 Å². The number of hydrogen-bond donors (Lipinski definition) is 1. The molecule has 0 aromatic heterocycles. The van der Waals surface area contributed by atoms with Gasteiger partial charge in [0.1, 0.15) is 5.82 Å². The molecule has 3 rings (SSSR count). The first kappa shape index (κ1) is 18.3. The maximum Gasteiger partial charge on any atom is 0.340 e. The first-order chi connectivity index (χ1) is 12.3. The van der Waals surface area contributed by atoms with Crippen LogP contribution in [0.25, 0.3) is 0 Å². The van der Waals surface area contributed by atoms with Crippen LogP contribution >= 0.6 is 23.2 Å². The summed E-state index contributed by atoms with van der Waals surface area (Å²) in [5.41, 5.74) is 0.217. The van der Waals surface area contributed by atoms with Crippen LogP contribution in [0.5, 0.6) is 11.5 Å². The van der Waals surface area contributed by atoms with Crippen LogP contribution in [0.1, 0.15) is 17.3 Å². The molecule has 1 aliphatic rings. The summed E-state index contributed by atoms with van der Waals surface area (Å²) in [6.45, 7) is 1.49. The van der Waals surface area contributed by atoms with Gasteiger partial charge in [-0.3, -0.25) is 4.79 Å². The molecule has 0 spiro atoms. The van der Waals surface area contributed by atoms with Gasteiger partial charge in [0.15, 0.2) is 17.6 Å². The molecule has 9 heteroatoms. The lowest BCUT2D eigenvalue weighted by Crippen LogP contribution is -2.30. The minimum atomic E-state index is -1.15.